The Bertz CT molecular complexity index is 385. The molecule has 18 heavy (non-hydrogen) atoms. The van der Waals surface area contributed by atoms with Crippen molar-refractivity contribution in [3.63, 3.8) is 0 Å². The van der Waals surface area contributed by atoms with Crippen molar-refractivity contribution in [2.45, 2.75) is 33.1 Å². The summed E-state index contributed by atoms with van der Waals surface area (Å²) in [5, 5.41) is 2.66. The molecular weight excluding hydrogens is 226 g/mol. The minimum atomic E-state index is -0.0417. The quantitative estimate of drug-likeness (QED) is 0.804. The molecule has 0 aromatic heterocycles. The molecule has 0 aliphatic heterocycles. The second-order valence-corrected chi connectivity index (χ2v) is 4.74. The SMILES string of the molecule is CC(C)C(=O)CNC(=O)CCCc1ccccc1. The molecule has 3 nitrogen and oxygen atoms in total. The summed E-state index contributed by atoms with van der Waals surface area (Å²) in [6, 6.07) is 10.1. The molecule has 0 aliphatic carbocycles. The van der Waals surface area contributed by atoms with Crippen molar-refractivity contribution >= 4 is 11.7 Å². The molecule has 1 rings (SSSR count). The van der Waals surface area contributed by atoms with Crippen molar-refractivity contribution in [2.24, 2.45) is 5.92 Å². The fourth-order valence-corrected chi connectivity index (χ4v) is 1.58. The molecule has 0 heterocycles. The van der Waals surface area contributed by atoms with Crippen LogP contribution < -0.4 is 5.32 Å². The molecule has 0 fully saturated rings. The van der Waals surface area contributed by atoms with Gasteiger partial charge in [-0.1, -0.05) is 44.2 Å². The van der Waals surface area contributed by atoms with Crippen LogP contribution in [0.5, 0.6) is 0 Å². The van der Waals surface area contributed by atoms with Crippen LogP contribution >= 0.6 is 0 Å². The van der Waals surface area contributed by atoms with Crippen LogP contribution in [0, 0.1) is 5.92 Å². The number of Topliss-reactive ketones (excluding diaryl/α,β-unsaturated/α-hetero) is 1. The summed E-state index contributed by atoms with van der Waals surface area (Å²) in [5.41, 5.74) is 1.24. The molecule has 0 spiro atoms. The Hall–Kier alpha value is -1.64. The molecule has 3 heteroatoms. The average molecular weight is 247 g/mol. The van der Waals surface area contributed by atoms with E-state index in [2.05, 4.69) is 17.4 Å². The number of carbonyl (C=O) groups excluding carboxylic acids is 2. The largest absolute Gasteiger partial charge is 0.349 e. The van der Waals surface area contributed by atoms with E-state index in [-0.39, 0.29) is 24.2 Å². The molecule has 0 saturated carbocycles. The molecule has 1 aromatic carbocycles. The van der Waals surface area contributed by atoms with Gasteiger partial charge in [-0.05, 0) is 18.4 Å². The summed E-state index contributed by atoms with van der Waals surface area (Å²) in [4.78, 5) is 22.8. The van der Waals surface area contributed by atoms with Crippen LogP contribution in [-0.4, -0.2) is 18.2 Å². The van der Waals surface area contributed by atoms with E-state index in [4.69, 9.17) is 0 Å². The van der Waals surface area contributed by atoms with Crippen LogP contribution in [0.3, 0.4) is 0 Å². The van der Waals surface area contributed by atoms with Crippen LogP contribution in [0.4, 0.5) is 0 Å². The number of ketones is 1. The summed E-state index contributed by atoms with van der Waals surface area (Å²) in [6.45, 7) is 3.83. The van der Waals surface area contributed by atoms with Crippen molar-refractivity contribution < 1.29 is 9.59 Å². The van der Waals surface area contributed by atoms with Crippen molar-refractivity contribution in [1.82, 2.24) is 5.32 Å². The van der Waals surface area contributed by atoms with Gasteiger partial charge in [0, 0.05) is 12.3 Å². The zero-order chi connectivity index (χ0) is 13.4. The Balaban J connectivity index is 2.16. The lowest BCUT2D eigenvalue weighted by Gasteiger charge is -2.06. The summed E-state index contributed by atoms with van der Waals surface area (Å²) in [7, 11) is 0. The van der Waals surface area contributed by atoms with Crippen molar-refractivity contribution in [1.29, 1.82) is 0 Å². The number of nitrogens with one attached hydrogen (secondary N) is 1. The lowest BCUT2D eigenvalue weighted by Crippen LogP contribution is -2.31. The molecule has 0 radical (unpaired) electrons. The second kappa shape index (κ2) is 7.64. The first-order valence-corrected chi connectivity index (χ1v) is 6.43. The molecule has 1 N–H and O–H groups in total. The van der Waals surface area contributed by atoms with Crippen LogP contribution in [0.1, 0.15) is 32.3 Å². The predicted molar refractivity (Wildman–Crippen MR) is 72.2 cm³/mol. The number of hydrogen-bond acceptors (Lipinski definition) is 2. The van der Waals surface area contributed by atoms with Crippen LogP contribution in [0.2, 0.25) is 0 Å². The average Bonchev–Trinajstić information content (AvgIpc) is 2.37. The van der Waals surface area contributed by atoms with Gasteiger partial charge in [0.1, 0.15) is 0 Å². The Morgan fingerprint density at radius 3 is 2.44 bits per heavy atom. The van der Waals surface area contributed by atoms with Crippen LogP contribution in [-0.2, 0) is 16.0 Å². The van der Waals surface area contributed by atoms with E-state index in [1.807, 2.05) is 32.0 Å². The minimum absolute atomic E-state index is 0.0189. The zero-order valence-electron chi connectivity index (χ0n) is 11.1. The first-order chi connectivity index (χ1) is 8.59. The van der Waals surface area contributed by atoms with Crippen molar-refractivity contribution in [3.05, 3.63) is 35.9 Å². The van der Waals surface area contributed by atoms with E-state index in [9.17, 15) is 9.59 Å². The third-order valence-corrected chi connectivity index (χ3v) is 2.82. The smallest absolute Gasteiger partial charge is 0.220 e. The molecular formula is C15H21NO2. The number of aryl methyl sites for hydroxylation is 1. The Morgan fingerprint density at radius 1 is 1.17 bits per heavy atom. The number of benzene rings is 1. The van der Waals surface area contributed by atoms with Gasteiger partial charge >= 0.3 is 0 Å². The van der Waals surface area contributed by atoms with Crippen molar-refractivity contribution in [2.75, 3.05) is 6.54 Å². The van der Waals surface area contributed by atoms with Gasteiger partial charge in [-0.15, -0.1) is 0 Å². The maximum Gasteiger partial charge on any atom is 0.220 e. The first-order valence-electron chi connectivity index (χ1n) is 6.43. The van der Waals surface area contributed by atoms with E-state index in [0.29, 0.717) is 6.42 Å². The molecule has 1 amide bonds. The van der Waals surface area contributed by atoms with Crippen LogP contribution in [0.15, 0.2) is 30.3 Å². The number of amides is 1. The number of hydrogen-bond donors (Lipinski definition) is 1. The molecule has 0 saturated heterocycles. The van der Waals surface area contributed by atoms with Gasteiger partial charge < -0.3 is 5.32 Å². The van der Waals surface area contributed by atoms with Gasteiger partial charge in [-0.2, -0.15) is 0 Å². The fourth-order valence-electron chi connectivity index (χ4n) is 1.58. The monoisotopic (exact) mass is 247 g/mol. The fraction of sp³-hybridized carbons (Fsp3) is 0.467. The third kappa shape index (κ3) is 5.62. The van der Waals surface area contributed by atoms with E-state index < -0.39 is 0 Å². The summed E-state index contributed by atoms with van der Waals surface area (Å²) in [5.74, 6) is 0.0148. The summed E-state index contributed by atoms with van der Waals surface area (Å²) in [6.07, 6.45) is 2.18. The maximum atomic E-state index is 11.5. The van der Waals surface area contributed by atoms with Gasteiger partial charge in [0.25, 0.3) is 0 Å². The highest BCUT2D eigenvalue weighted by Gasteiger charge is 2.08. The zero-order valence-corrected chi connectivity index (χ0v) is 11.1. The summed E-state index contributed by atoms with van der Waals surface area (Å²) >= 11 is 0. The minimum Gasteiger partial charge on any atom is -0.349 e. The standard InChI is InChI=1S/C15H21NO2/c1-12(2)14(17)11-16-15(18)10-6-9-13-7-4-3-5-8-13/h3-5,7-8,12H,6,9-11H2,1-2H3,(H,16,18). The molecule has 1 aromatic rings. The van der Waals surface area contributed by atoms with E-state index in [1.165, 1.54) is 5.56 Å². The molecule has 0 aliphatic rings. The number of carbonyl (C=O) groups is 2. The topological polar surface area (TPSA) is 46.2 Å². The van der Waals surface area contributed by atoms with Gasteiger partial charge in [0.2, 0.25) is 5.91 Å². The predicted octanol–water partition coefficient (Wildman–Crippen LogP) is 2.35. The van der Waals surface area contributed by atoms with Gasteiger partial charge in [0.05, 0.1) is 6.54 Å². The van der Waals surface area contributed by atoms with Gasteiger partial charge in [0.15, 0.2) is 5.78 Å². The first kappa shape index (κ1) is 14.4. The molecule has 98 valence electrons. The molecule has 0 bridgehead atoms. The molecule has 0 atom stereocenters. The third-order valence-electron chi connectivity index (χ3n) is 2.82. The maximum absolute atomic E-state index is 11.5. The normalized spacial score (nSPS) is 10.4. The molecule has 0 unspecified atom stereocenters. The van der Waals surface area contributed by atoms with Crippen molar-refractivity contribution in [3.8, 4) is 0 Å². The Kier molecular flexibility index (Phi) is 6.12. The lowest BCUT2D eigenvalue weighted by atomic mass is 10.1. The van der Waals surface area contributed by atoms with Gasteiger partial charge in [-0.25, -0.2) is 0 Å². The lowest BCUT2D eigenvalue weighted by molar-refractivity contribution is -0.126. The Labute approximate surface area is 109 Å². The highest BCUT2D eigenvalue weighted by atomic mass is 16.2. The van der Waals surface area contributed by atoms with E-state index in [1.54, 1.807) is 0 Å². The number of rotatable bonds is 7. The van der Waals surface area contributed by atoms with E-state index in [0.717, 1.165) is 12.8 Å². The van der Waals surface area contributed by atoms with Gasteiger partial charge in [-0.3, -0.25) is 9.59 Å². The second-order valence-electron chi connectivity index (χ2n) is 4.74. The highest BCUT2D eigenvalue weighted by Crippen LogP contribution is 2.04. The van der Waals surface area contributed by atoms with E-state index >= 15 is 0 Å². The Morgan fingerprint density at radius 2 is 1.83 bits per heavy atom. The summed E-state index contributed by atoms with van der Waals surface area (Å²) < 4.78 is 0. The highest BCUT2D eigenvalue weighted by molar-refractivity contribution is 5.87. The van der Waals surface area contributed by atoms with Crippen LogP contribution in [0.25, 0.3) is 0 Å².